The maximum absolute atomic E-state index is 12.7. The number of esters is 1. The number of amides is 1. The largest absolute Gasteiger partial charge is 0.462 e. The highest BCUT2D eigenvalue weighted by Crippen LogP contribution is 2.29. The molecule has 0 fully saturated rings. The number of benzene rings is 1. The fourth-order valence-electron chi connectivity index (χ4n) is 2.76. The number of carbonyl (C=O) groups is 2. The molecule has 0 aliphatic rings. The number of nitro groups is 1. The van der Waals surface area contributed by atoms with Crippen LogP contribution in [0.15, 0.2) is 35.4 Å². The molecule has 3 aromatic rings. The van der Waals surface area contributed by atoms with E-state index in [4.69, 9.17) is 4.74 Å². The zero-order valence-corrected chi connectivity index (χ0v) is 17.0. The molecule has 10 nitrogen and oxygen atoms in total. The van der Waals surface area contributed by atoms with Gasteiger partial charge in [0.2, 0.25) is 5.91 Å². The molecular formula is C19H18N4O6S. The lowest BCUT2D eigenvalue weighted by molar-refractivity contribution is -0.384. The Morgan fingerprint density at radius 2 is 2.07 bits per heavy atom. The molecule has 156 valence electrons. The molecule has 0 radical (unpaired) electrons. The van der Waals surface area contributed by atoms with E-state index in [9.17, 15) is 24.5 Å². The van der Waals surface area contributed by atoms with Gasteiger partial charge < -0.3 is 10.1 Å². The van der Waals surface area contributed by atoms with Crippen LogP contribution >= 0.6 is 11.3 Å². The average molecular weight is 430 g/mol. The monoisotopic (exact) mass is 430 g/mol. The Bertz CT molecular complexity index is 1200. The van der Waals surface area contributed by atoms with E-state index in [1.807, 2.05) is 6.92 Å². The van der Waals surface area contributed by atoms with Gasteiger partial charge in [-0.05, 0) is 25.5 Å². The number of carbonyl (C=O) groups excluding carboxylic acids is 2. The van der Waals surface area contributed by atoms with Crippen LogP contribution in [-0.4, -0.2) is 33.0 Å². The fraction of sp³-hybridized carbons (Fsp3) is 0.263. The van der Waals surface area contributed by atoms with E-state index in [-0.39, 0.29) is 35.3 Å². The van der Waals surface area contributed by atoms with E-state index >= 15 is 0 Å². The molecule has 3 rings (SSSR count). The summed E-state index contributed by atoms with van der Waals surface area (Å²) in [6.45, 7) is 3.44. The molecule has 30 heavy (non-hydrogen) atoms. The van der Waals surface area contributed by atoms with Gasteiger partial charge in [0, 0.05) is 17.0 Å². The summed E-state index contributed by atoms with van der Waals surface area (Å²) >= 11 is 1.25. The Hall–Kier alpha value is -3.60. The first kappa shape index (κ1) is 21.1. The van der Waals surface area contributed by atoms with Crippen LogP contribution in [0, 0.1) is 10.1 Å². The molecule has 11 heteroatoms. The number of hydrogen-bond donors (Lipinski definition) is 1. The molecule has 2 heterocycles. The van der Waals surface area contributed by atoms with Crippen molar-refractivity contribution in [2.45, 2.75) is 26.8 Å². The number of nitro benzene ring substituents is 1. The Kier molecular flexibility index (Phi) is 6.21. The third-order valence-electron chi connectivity index (χ3n) is 4.21. The first-order chi connectivity index (χ1) is 14.3. The molecule has 0 aliphatic carbocycles. The van der Waals surface area contributed by atoms with Crippen molar-refractivity contribution in [1.29, 1.82) is 0 Å². The van der Waals surface area contributed by atoms with Crippen molar-refractivity contribution in [3.05, 3.63) is 61.5 Å². The number of ether oxygens (including phenoxy) is 1. The second-order valence-electron chi connectivity index (χ2n) is 6.21. The lowest BCUT2D eigenvalue weighted by atomic mass is 10.2. The smallest absolute Gasteiger partial charge is 0.341 e. The summed E-state index contributed by atoms with van der Waals surface area (Å²) in [5.41, 5.74) is -0.275. The van der Waals surface area contributed by atoms with E-state index in [1.165, 1.54) is 29.8 Å². The predicted octanol–water partition coefficient (Wildman–Crippen LogP) is 2.74. The van der Waals surface area contributed by atoms with Crippen molar-refractivity contribution in [2.75, 3.05) is 11.9 Å². The zero-order chi connectivity index (χ0) is 21.8. The van der Waals surface area contributed by atoms with Crippen molar-refractivity contribution >= 4 is 44.8 Å². The fourth-order valence-corrected chi connectivity index (χ4v) is 3.76. The molecular weight excluding hydrogens is 412 g/mol. The second kappa shape index (κ2) is 8.82. The highest BCUT2D eigenvalue weighted by atomic mass is 32.1. The number of non-ortho nitro benzene ring substituents is 1. The minimum Gasteiger partial charge on any atom is -0.462 e. The van der Waals surface area contributed by atoms with Gasteiger partial charge in [0.15, 0.2) is 0 Å². The van der Waals surface area contributed by atoms with E-state index in [2.05, 4.69) is 10.3 Å². The van der Waals surface area contributed by atoms with Crippen LogP contribution in [0.3, 0.4) is 0 Å². The van der Waals surface area contributed by atoms with E-state index in [0.29, 0.717) is 11.4 Å². The van der Waals surface area contributed by atoms with Crippen LogP contribution in [0.5, 0.6) is 0 Å². The van der Waals surface area contributed by atoms with E-state index < -0.39 is 22.4 Å². The number of fused-ring (bicyclic) bond motifs is 1. The van der Waals surface area contributed by atoms with Gasteiger partial charge in [-0.15, -0.1) is 11.3 Å². The third-order valence-corrected chi connectivity index (χ3v) is 5.41. The summed E-state index contributed by atoms with van der Waals surface area (Å²) in [7, 11) is 0. The summed E-state index contributed by atoms with van der Waals surface area (Å²) in [4.78, 5) is 52.6. The van der Waals surface area contributed by atoms with Gasteiger partial charge in [-0.25, -0.2) is 9.78 Å². The first-order valence-electron chi connectivity index (χ1n) is 9.07. The van der Waals surface area contributed by atoms with Crippen LogP contribution < -0.4 is 10.9 Å². The summed E-state index contributed by atoms with van der Waals surface area (Å²) < 4.78 is 6.08. The van der Waals surface area contributed by atoms with Crippen LogP contribution in [0.1, 0.15) is 29.1 Å². The van der Waals surface area contributed by atoms with Gasteiger partial charge in [0.05, 0.1) is 34.3 Å². The van der Waals surface area contributed by atoms with Crippen molar-refractivity contribution in [3.63, 3.8) is 0 Å². The van der Waals surface area contributed by atoms with Crippen molar-refractivity contribution in [3.8, 4) is 0 Å². The maximum atomic E-state index is 12.7. The number of hydrogen-bond acceptors (Lipinski definition) is 8. The maximum Gasteiger partial charge on any atom is 0.341 e. The highest BCUT2D eigenvalue weighted by molar-refractivity contribution is 7.16. The summed E-state index contributed by atoms with van der Waals surface area (Å²) in [6, 6.07) is 5.43. The standard InChI is InChI=1S/C19H18N4O6S/c1-3-12-8-14(19(26)29-4-2)17(30-12)21-16(24)9-22-10-20-15-6-5-11(23(27)28)7-13(15)18(22)25/h5-8,10H,3-4,9H2,1-2H3,(H,21,24). The van der Waals surface area contributed by atoms with Gasteiger partial charge in [0.25, 0.3) is 11.2 Å². The third kappa shape index (κ3) is 4.35. The lowest BCUT2D eigenvalue weighted by Gasteiger charge is -2.08. The van der Waals surface area contributed by atoms with Gasteiger partial charge in [-0.3, -0.25) is 24.3 Å². The second-order valence-corrected chi connectivity index (χ2v) is 7.35. The summed E-state index contributed by atoms with van der Waals surface area (Å²) in [6.07, 6.45) is 1.88. The molecule has 0 saturated heterocycles. The van der Waals surface area contributed by atoms with E-state index in [1.54, 1.807) is 13.0 Å². The minimum absolute atomic E-state index is 0.0381. The number of anilines is 1. The molecule has 0 bridgehead atoms. The molecule has 1 aromatic carbocycles. The van der Waals surface area contributed by atoms with Gasteiger partial charge in [0.1, 0.15) is 11.5 Å². The molecule has 0 spiro atoms. The summed E-state index contributed by atoms with van der Waals surface area (Å²) in [5, 5.41) is 14.0. The number of rotatable bonds is 7. The first-order valence-corrected chi connectivity index (χ1v) is 9.89. The lowest BCUT2D eigenvalue weighted by Crippen LogP contribution is -2.28. The predicted molar refractivity (Wildman–Crippen MR) is 111 cm³/mol. The Labute approximate surface area is 174 Å². The normalized spacial score (nSPS) is 10.7. The molecule has 1 N–H and O–H groups in total. The molecule has 1 amide bonds. The van der Waals surface area contributed by atoms with Crippen LogP contribution in [0.25, 0.3) is 10.9 Å². The molecule has 0 aliphatic heterocycles. The van der Waals surface area contributed by atoms with Crippen molar-refractivity contribution in [2.24, 2.45) is 0 Å². The number of aryl methyl sites for hydroxylation is 1. The van der Waals surface area contributed by atoms with Crippen LogP contribution in [0.4, 0.5) is 10.7 Å². The highest BCUT2D eigenvalue weighted by Gasteiger charge is 2.19. The van der Waals surface area contributed by atoms with Gasteiger partial charge in [-0.1, -0.05) is 6.92 Å². The number of nitrogens with zero attached hydrogens (tertiary/aromatic N) is 3. The molecule has 2 aromatic heterocycles. The number of aromatic nitrogens is 2. The Balaban J connectivity index is 1.86. The Morgan fingerprint density at radius 1 is 1.30 bits per heavy atom. The molecule has 0 unspecified atom stereocenters. The quantitative estimate of drug-likeness (QED) is 0.346. The van der Waals surface area contributed by atoms with Crippen molar-refractivity contribution < 1.29 is 19.2 Å². The SMILES string of the molecule is CCOC(=O)c1cc(CC)sc1NC(=O)Cn1cnc2ccc([N+](=O)[O-])cc2c1=O. The van der Waals surface area contributed by atoms with Gasteiger partial charge >= 0.3 is 5.97 Å². The van der Waals surface area contributed by atoms with Crippen LogP contribution in [-0.2, 0) is 22.5 Å². The number of nitrogens with one attached hydrogen (secondary N) is 1. The van der Waals surface area contributed by atoms with Crippen molar-refractivity contribution in [1.82, 2.24) is 9.55 Å². The molecule has 0 saturated carbocycles. The Morgan fingerprint density at radius 3 is 2.73 bits per heavy atom. The molecule has 0 atom stereocenters. The topological polar surface area (TPSA) is 133 Å². The van der Waals surface area contributed by atoms with Gasteiger partial charge in [-0.2, -0.15) is 0 Å². The van der Waals surface area contributed by atoms with Crippen LogP contribution in [0.2, 0.25) is 0 Å². The number of thiophene rings is 1. The summed E-state index contributed by atoms with van der Waals surface area (Å²) in [5.74, 6) is -1.08. The van der Waals surface area contributed by atoms with E-state index in [0.717, 1.165) is 15.5 Å². The average Bonchev–Trinajstić information content (AvgIpc) is 3.13. The minimum atomic E-state index is -0.609. The zero-order valence-electron chi connectivity index (χ0n) is 16.2.